The van der Waals surface area contributed by atoms with Crippen LogP contribution in [0, 0.1) is 11.8 Å². The SMILES string of the molecule is CCCCC[NH+]1CCCCC1CCCC.[C-]#N. The lowest BCUT2D eigenvalue weighted by atomic mass is 9.97. The molecule has 1 heterocycles. The second-order valence-corrected chi connectivity index (χ2v) is 5.20. The fraction of sp³-hybridized carbons (Fsp3) is 0.933. The first kappa shape index (κ1) is 16.4. The van der Waals surface area contributed by atoms with Crippen molar-refractivity contribution in [2.24, 2.45) is 0 Å². The molecule has 2 unspecified atom stereocenters. The number of likely N-dealkylation sites (tertiary alicyclic amines) is 1. The van der Waals surface area contributed by atoms with Crippen LogP contribution >= 0.6 is 0 Å². The fourth-order valence-corrected chi connectivity index (χ4v) is 2.88. The standard InChI is InChI=1S/C14H29N.CN/c1-3-5-8-12-15-13-9-7-11-14(15)10-6-4-2;1-2/h14H,3-13H2,1-2H3;/q;-1/p+1. The van der Waals surface area contributed by atoms with Crippen LogP contribution in [0.3, 0.4) is 0 Å². The molecule has 0 aromatic rings. The number of rotatable bonds is 7. The summed E-state index contributed by atoms with van der Waals surface area (Å²) >= 11 is 0. The van der Waals surface area contributed by atoms with E-state index in [4.69, 9.17) is 11.8 Å². The predicted octanol–water partition coefficient (Wildman–Crippen LogP) is 2.90. The summed E-state index contributed by atoms with van der Waals surface area (Å²) in [6, 6.07) is 1.01. The van der Waals surface area contributed by atoms with Crippen LogP contribution < -0.4 is 4.90 Å². The molecule has 17 heavy (non-hydrogen) atoms. The number of nitrogens with one attached hydrogen (secondary N) is 1. The van der Waals surface area contributed by atoms with Gasteiger partial charge in [0.25, 0.3) is 0 Å². The minimum atomic E-state index is 1.01. The average Bonchev–Trinajstić information content (AvgIpc) is 2.40. The van der Waals surface area contributed by atoms with Crippen molar-refractivity contribution in [2.45, 2.75) is 77.7 Å². The van der Waals surface area contributed by atoms with Crippen LogP contribution in [0.25, 0.3) is 0 Å². The van der Waals surface area contributed by atoms with Crippen molar-refractivity contribution in [1.82, 2.24) is 0 Å². The van der Waals surface area contributed by atoms with Gasteiger partial charge in [0.05, 0.1) is 19.1 Å². The van der Waals surface area contributed by atoms with Crippen LogP contribution in [0.2, 0.25) is 0 Å². The molecule has 2 atom stereocenters. The molecule has 0 saturated carbocycles. The maximum Gasteiger partial charge on any atom is 0.0874 e. The number of nitrogens with zero attached hydrogens (tertiary/aromatic N) is 1. The van der Waals surface area contributed by atoms with Gasteiger partial charge in [0.15, 0.2) is 0 Å². The van der Waals surface area contributed by atoms with E-state index < -0.39 is 0 Å². The van der Waals surface area contributed by atoms with Gasteiger partial charge in [-0.05, 0) is 44.9 Å². The Kier molecular flexibility index (Phi) is 11.5. The van der Waals surface area contributed by atoms with Gasteiger partial charge in [0.1, 0.15) is 0 Å². The molecule has 0 bridgehead atoms. The van der Waals surface area contributed by atoms with Gasteiger partial charge >= 0.3 is 0 Å². The molecule has 2 heteroatoms. The summed E-state index contributed by atoms with van der Waals surface area (Å²) in [5, 5.41) is 6.25. The first-order valence-electron chi connectivity index (χ1n) is 7.45. The number of piperidine rings is 1. The van der Waals surface area contributed by atoms with E-state index in [1.807, 2.05) is 4.90 Å². The van der Waals surface area contributed by atoms with E-state index in [2.05, 4.69) is 13.8 Å². The number of hydrogen-bond donors (Lipinski definition) is 1. The summed E-state index contributed by atoms with van der Waals surface area (Å²) in [5.41, 5.74) is 0. The zero-order chi connectivity index (χ0) is 12.9. The Balaban J connectivity index is 0.00000121. The molecule has 0 aromatic heterocycles. The first-order chi connectivity index (χ1) is 8.38. The smallest absolute Gasteiger partial charge is 0.0874 e. The maximum atomic E-state index is 6.25. The van der Waals surface area contributed by atoms with Crippen LogP contribution in [-0.2, 0) is 0 Å². The Morgan fingerprint density at radius 1 is 1.06 bits per heavy atom. The molecular weight excluding hydrogens is 208 g/mol. The molecule has 100 valence electrons. The van der Waals surface area contributed by atoms with E-state index in [0.29, 0.717) is 0 Å². The van der Waals surface area contributed by atoms with Crippen molar-refractivity contribution in [3.63, 3.8) is 0 Å². The largest absolute Gasteiger partial charge is 0.512 e. The average molecular weight is 238 g/mol. The molecule has 0 radical (unpaired) electrons. The minimum absolute atomic E-state index is 1.01. The van der Waals surface area contributed by atoms with E-state index in [9.17, 15) is 0 Å². The quantitative estimate of drug-likeness (QED) is 0.536. The summed E-state index contributed by atoms with van der Waals surface area (Å²) in [6.45, 7) is 12.3. The highest BCUT2D eigenvalue weighted by molar-refractivity contribution is 4.61. The zero-order valence-electron chi connectivity index (χ0n) is 11.8. The molecule has 0 aromatic carbocycles. The molecule has 1 aliphatic heterocycles. The van der Waals surface area contributed by atoms with Gasteiger partial charge in [0.2, 0.25) is 0 Å². The molecule has 1 fully saturated rings. The Bertz CT molecular complexity index is 177. The molecule has 1 aliphatic rings. The lowest BCUT2D eigenvalue weighted by Crippen LogP contribution is -3.16. The van der Waals surface area contributed by atoms with E-state index in [0.717, 1.165) is 6.04 Å². The van der Waals surface area contributed by atoms with Gasteiger partial charge in [-0.15, -0.1) is 0 Å². The number of unbranched alkanes of at least 4 members (excludes halogenated alkanes) is 3. The maximum absolute atomic E-state index is 6.25. The van der Waals surface area contributed by atoms with Crippen molar-refractivity contribution in [2.75, 3.05) is 13.1 Å². The number of quaternary nitrogens is 1. The third-order valence-electron chi connectivity index (χ3n) is 3.89. The molecule has 1 N–H and O–H groups in total. The van der Waals surface area contributed by atoms with E-state index in [1.165, 1.54) is 70.9 Å². The van der Waals surface area contributed by atoms with Gasteiger partial charge in [-0.2, -0.15) is 0 Å². The zero-order valence-corrected chi connectivity index (χ0v) is 11.8. The van der Waals surface area contributed by atoms with Crippen molar-refractivity contribution < 1.29 is 4.90 Å². The summed E-state index contributed by atoms with van der Waals surface area (Å²) in [4.78, 5) is 1.93. The minimum Gasteiger partial charge on any atom is -0.512 e. The van der Waals surface area contributed by atoms with Crippen molar-refractivity contribution in [3.8, 4) is 0 Å². The van der Waals surface area contributed by atoms with Crippen LogP contribution in [0.1, 0.15) is 71.6 Å². The third-order valence-corrected chi connectivity index (χ3v) is 3.89. The molecule has 0 spiro atoms. The Hall–Kier alpha value is -0.550. The van der Waals surface area contributed by atoms with Crippen LogP contribution in [0.5, 0.6) is 0 Å². The van der Waals surface area contributed by atoms with Gasteiger partial charge < -0.3 is 16.7 Å². The highest BCUT2D eigenvalue weighted by Crippen LogP contribution is 2.09. The fourth-order valence-electron chi connectivity index (χ4n) is 2.88. The first-order valence-corrected chi connectivity index (χ1v) is 7.45. The Morgan fingerprint density at radius 2 is 1.76 bits per heavy atom. The molecule has 1 saturated heterocycles. The topological polar surface area (TPSA) is 28.2 Å². The molecule has 1 rings (SSSR count). The molecule has 0 amide bonds. The predicted molar refractivity (Wildman–Crippen MR) is 72.4 cm³/mol. The van der Waals surface area contributed by atoms with Gasteiger partial charge in [-0.3, -0.25) is 0 Å². The lowest BCUT2D eigenvalue weighted by Gasteiger charge is -2.32. The summed E-state index contributed by atoms with van der Waals surface area (Å²) in [6.07, 6.45) is 13.0. The second kappa shape index (κ2) is 11.9. The van der Waals surface area contributed by atoms with E-state index in [1.54, 1.807) is 0 Å². The van der Waals surface area contributed by atoms with E-state index >= 15 is 0 Å². The normalized spacial score (nSPS) is 23.8. The van der Waals surface area contributed by atoms with Crippen molar-refractivity contribution in [1.29, 1.82) is 5.26 Å². The van der Waals surface area contributed by atoms with Crippen LogP contribution in [-0.4, -0.2) is 19.1 Å². The highest BCUT2D eigenvalue weighted by Gasteiger charge is 2.24. The second-order valence-electron chi connectivity index (χ2n) is 5.20. The number of hydrogen-bond acceptors (Lipinski definition) is 1. The third kappa shape index (κ3) is 7.39. The van der Waals surface area contributed by atoms with Crippen molar-refractivity contribution in [3.05, 3.63) is 6.57 Å². The summed E-state index contributed by atoms with van der Waals surface area (Å²) in [5.74, 6) is 0. The van der Waals surface area contributed by atoms with Crippen LogP contribution in [0.4, 0.5) is 0 Å². The summed E-state index contributed by atoms with van der Waals surface area (Å²) < 4.78 is 0. The summed E-state index contributed by atoms with van der Waals surface area (Å²) in [7, 11) is 0. The monoisotopic (exact) mass is 238 g/mol. The van der Waals surface area contributed by atoms with Gasteiger partial charge in [-0.25, -0.2) is 0 Å². The Morgan fingerprint density at radius 3 is 2.41 bits per heavy atom. The highest BCUT2D eigenvalue weighted by atomic mass is 15.2. The molecular formula is C15H30N2. The molecule has 0 aliphatic carbocycles. The van der Waals surface area contributed by atoms with Gasteiger partial charge in [-0.1, -0.05) is 26.7 Å². The molecule has 2 nitrogen and oxygen atoms in total. The van der Waals surface area contributed by atoms with Gasteiger partial charge in [0, 0.05) is 0 Å². The van der Waals surface area contributed by atoms with Crippen LogP contribution in [0.15, 0.2) is 0 Å². The lowest BCUT2D eigenvalue weighted by molar-refractivity contribution is -0.931. The van der Waals surface area contributed by atoms with Crippen molar-refractivity contribution >= 4 is 0 Å². The van der Waals surface area contributed by atoms with E-state index in [-0.39, 0.29) is 0 Å². The Labute approximate surface area is 108 Å².